The molecule has 0 spiro atoms. The highest BCUT2D eigenvalue weighted by molar-refractivity contribution is 6.30. The van der Waals surface area contributed by atoms with E-state index in [0.29, 0.717) is 5.02 Å². The minimum absolute atomic E-state index is 0.167. The van der Waals surface area contributed by atoms with Gasteiger partial charge in [-0.05, 0) is 63.9 Å². The fraction of sp³-hybridized carbons (Fsp3) is 0.429. The largest absolute Gasteiger partial charge is 0.484 e. The number of amides is 1. The Morgan fingerprint density at radius 3 is 2.50 bits per heavy atom. The molecule has 2 aromatic rings. The summed E-state index contributed by atoms with van der Waals surface area (Å²) >= 11 is 5.63. The first kappa shape index (κ1) is 22.0. The summed E-state index contributed by atoms with van der Waals surface area (Å²) in [6, 6.07) is 9.78. The molecule has 1 aromatic heterocycles. The lowest BCUT2D eigenvalue weighted by molar-refractivity contribution is 0.0295. The average Bonchev–Trinajstić information content (AvgIpc) is 3.16. The van der Waals surface area contributed by atoms with E-state index in [4.69, 9.17) is 21.1 Å². The van der Waals surface area contributed by atoms with E-state index in [2.05, 4.69) is 4.98 Å². The second-order valence-corrected chi connectivity index (χ2v) is 7.80. The van der Waals surface area contributed by atoms with E-state index in [1.807, 2.05) is 39.0 Å². The van der Waals surface area contributed by atoms with E-state index in [1.54, 1.807) is 17.2 Å². The number of carbonyl (C=O) groups excluding carboxylic acids is 1. The number of ether oxygens (including phenoxy) is 2. The Hall–Kier alpha value is -2.34. The summed E-state index contributed by atoms with van der Waals surface area (Å²) in [6.07, 6.45) is 3.72. The van der Waals surface area contributed by atoms with E-state index in [9.17, 15) is 9.18 Å². The summed E-state index contributed by atoms with van der Waals surface area (Å²) in [7, 11) is 0. The third-order valence-electron chi connectivity index (χ3n) is 3.75. The fourth-order valence-electron chi connectivity index (χ4n) is 2.45. The van der Waals surface area contributed by atoms with Gasteiger partial charge in [-0.25, -0.2) is 9.18 Å². The van der Waals surface area contributed by atoms with Crippen LogP contribution in [0, 0.1) is 5.82 Å². The first-order valence-corrected chi connectivity index (χ1v) is 9.58. The minimum atomic E-state index is -0.469. The van der Waals surface area contributed by atoms with E-state index < -0.39 is 5.82 Å². The molecular formula is C21H26ClFN2O3. The molecule has 1 amide bonds. The smallest absolute Gasteiger partial charge is 0.410 e. The second-order valence-electron chi connectivity index (χ2n) is 7.36. The van der Waals surface area contributed by atoms with Crippen LogP contribution in [-0.2, 0) is 11.3 Å². The maximum atomic E-state index is 13.3. The molecule has 152 valence electrons. The molecule has 3 rings (SSSR count). The van der Waals surface area contributed by atoms with Crippen LogP contribution in [0.1, 0.15) is 39.3 Å². The SMILES string of the molecule is CC(C)(C)OC(=O)N1CCCC1.Fc1cc(Cl)ccc1OCc1ccccn1. The molecule has 28 heavy (non-hydrogen) atoms. The van der Waals surface area contributed by atoms with Gasteiger partial charge in [0, 0.05) is 24.3 Å². The van der Waals surface area contributed by atoms with Crippen LogP contribution in [0.15, 0.2) is 42.6 Å². The predicted molar refractivity (Wildman–Crippen MR) is 107 cm³/mol. The van der Waals surface area contributed by atoms with Gasteiger partial charge in [0.1, 0.15) is 12.2 Å². The standard InChI is InChI=1S/C12H9ClFNO.C9H17NO2/c13-9-4-5-12(11(14)7-9)16-8-10-3-1-2-6-15-10;1-9(2,3)12-8(11)10-6-4-5-7-10/h1-7H,8H2;4-7H2,1-3H3. The molecule has 1 saturated heterocycles. The highest BCUT2D eigenvalue weighted by Crippen LogP contribution is 2.21. The molecule has 0 saturated carbocycles. The van der Waals surface area contributed by atoms with Crippen molar-refractivity contribution in [2.45, 2.75) is 45.8 Å². The Bertz CT molecular complexity index is 760. The van der Waals surface area contributed by atoms with Gasteiger partial charge in [-0.1, -0.05) is 17.7 Å². The third-order valence-corrected chi connectivity index (χ3v) is 3.99. The molecule has 0 aliphatic carbocycles. The van der Waals surface area contributed by atoms with E-state index in [1.165, 1.54) is 12.1 Å². The van der Waals surface area contributed by atoms with Gasteiger partial charge >= 0.3 is 6.09 Å². The van der Waals surface area contributed by atoms with Crippen LogP contribution < -0.4 is 4.74 Å². The molecule has 0 radical (unpaired) electrons. The zero-order chi connectivity index (χ0) is 20.6. The predicted octanol–water partition coefficient (Wildman–Crippen LogP) is 5.47. The summed E-state index contributed by atoms with van der Waals surface area (Å²) in [6.45, 7) is 7.62. The number of carbonyl (C=O) groups is 1. The lowest BCUT2D eigenvalue weighted by atomic mass is 10.2. The monoisotopic (exact) mass is 408 g/mol. The van der Waals surface area contributed by atoms with Crippen molar-refractivity contribution in [2.24, 2.45) is 0 Å². The number of halogens is 2. The van der Waals surface area contributed by atoms with Crippen LogP contribution in [0.3, 0.4) is 0 Å². The molecule has 1 aliphatic rings. The fourth-order valence-corrected chi connectivity index (χ4v) is 2.61. The van der Waals surface area contributed by atoms with Crippen LogP contribution in [0.4, 0.5) is 9.18 Å². The molecule has 1 aromatic carbocycles. The molecule has 1 aliphatic heterocycles. The van der Waals surface area contributed by atoms with Crippen LogP contribution in [0.25, 0.3) is 0 Å². The molecule has 1 fully saturated rings. The van der Waals surface area contributed by atoms with Crippen molar-refractivity contribution in [3.8, 4) is 5.75 Å². The van der Waals surface area contributed by atoms with Gasteiger partial charge in [0.25, 0.3) is 0 Å². The van der Waals surface area contributed by atoms with Gasteiger partial charge in [0.2, 0.25) is 0 Å². The molecule has 7 heteroatoms. The zero-order valence-electron chi connectivity index (χ0n) is 16.5. The van der Waals surface area contributed by atoms with Crippen molar-refractivity contribution in [2.75, 3.05) is 13.1 Å². The Kier molecular flexibility index (Phi) is 8.05. The van der Waals surface area contributed by atoms with Crippen molar-refractivity contribution in [3.63, 3.8) is 0 Å². The van der Waals surface area contributed by atoms with Crippen molar-refractivity contribution in [1.82, 2.24) is 9.88 Å². The second kappa shape index (κ2) is 10.3. The number of aromatic nitrogens is 1. The number of pyridine rings is 1. The zero-order valence-corrected chi connectivity index (χ0v) is 17.2. The Morgan fingerprint density at radius 2 is 1.93 bits per heavy atom. The molecule has 0 unspecified atom stereocenters. The lowest BCUT2D eigenvalue weighted by Crippen LogP contribution is -2.34. The Morgan fingerprint density at radius 1 is 1.21 bits per heavy atom. The average molecular weight is 409 g/mol. The molecule has 0 N–H and O–H groups in total. The molecule has 2 heterocycles. The normalized spacial score (nSPS) is 13.5. The topological polar surface area (TPSA) is 51.7 Å². The highest BCUT2D eigenvalue weighted by Gasteiger charge is 2.23. The summed E-state index contributed by atoms with van der Waals surface area (Å²) in [5.74, 6) is -0.293. The number of hydrogen-bond donors (Lipinski definition) is 0. The van der Waals surface area contributed by atoms with Gasteiger partial charge in [-0.15, -0.1) is 0 Å². The first-order chi connectivity index (χ1) is 13.2. The van der Waals surface area contributed by atoms with Crippen molar-refractivity contribution in [3.05, 3.63) is 59.1 Å². The van der Waals surface area contributed by atoms with Gasteiger partial charge in [-0.2, -0.15) is 0 Å². The summed E-state index contributed by atoms with van der Waals surface area (Å²) in [5, 5.41) is 0.350. The minimum Gasteiger partial charge on any atom is -0.484 e. The number of rotatable bonds is 3. The maximum absolute atomic E-state index is 13.3. The Labute approximate surface area is 170 Å². The quantitative estimate of drug-likeness (QED) is 0.675. The van der Waals surface area contributed by atoms with Gasteiger partial charge < -0.3 is 14.4 Å². The summed E-state index contributed by atoms with van der Waals surface area (Å²) in [5.41, 5.74) is 0.386. The number of nitrogens with zero attached hydrogens (tertiary/aromatic N) is 2. The lowest BCUT2D eigenvalue weighted by Gasteiger charge is -2.23. The van der Waals surface area contributed by atoms with Gasteiger partial charge in [-0.3, -0.25) is 4.98 Å². The summed E-state index contributed by atoms with van der Waals surface area (Å²) in [4.78, 5) is 17.2. The van der Waals surface area contributed by atoms with Crippen LogP contribution >= 0.6 is 11.6 Å². The van der Waals surface area contributed by atoms with Crippen LogP contribution in [-0.4, -0.2) is 34.7 Å². The maximum Gasteiger partial charge on any atom is 0.410 e. The van der Waals surface area contributed by atoms with E-state index in [-0.39, 0.29) is 24.1 Å². The molecule has 0 atom stereocenters. The van der Waals surface area contributed by atoms with E-state index in [0.717, 1.165) is 31.6 Å². The van der Waals surface area contributed by atoms with Crippen molar-refractivity contribution in [1.29, 1.82) is 0 Å². The number of benzene rings is 1. The van der Waals surface area contributed by atoms with Gasteiger partial charge in [0.05, 0.1) is 5.69 Å². The van der Waals surface area contributed by atoms with Crippen LogP contribution in [0.2, 0.25) is 5.02 Å². The summed E-state index contributed by atoms with van der Waals surface area (Å²) < 4.78 is 23.8. The molecular weight excluding hydrogens is 383 g/mol. The van der Waals surface area contributed by atoms with E-state index >= 15 is 0 Å². The third kappa shape index (κ3) is 7.72. The molecule has 0 bridgehead atoms. The van der Waals surface area contributed by atoms with Gasteiger partial charge in [0.15, 0.2) is 11.6 Å². The molecule has 5 nitrogen and oxygen atoms in total. The van der Waals surface area contributed by atoms with Crippen molar-refractivity contribution >= 4 is 17.7 Å². The number of hydrogen-bond acceptors (Lipinski definition) is 4. The van der Waals surface area contributed by atoms with Crippen molar-refractivity contribution < 1.29 is 18.7 Å². The number of likely N-dealkylation sites (tertiary alicyclic amines) is 1. The highest BCUT2D eigenvalue weighted by atomic mass is 35.5. The first-order valence-electron chi connectivity index (χ1n) is 9.20. The Balaban J connectivity index is 0.000000209. The van der Waals surface area contributed by atoms with Crippen LogP contribution in [0.5, 0.6) is 5.75 Å².